The van der Waals surface area contributed by atoms with Gasteiger partial charge in [-0.2, -0.15) is 0 Å². The first-order valence-electron chi connectivity index (χ1n) is 10.4. The SMILES string of the molecule is C[s+]1c(OCC(=O)[O-])nnc1SCC1=C(C(=O)O)N2C(=O)C(NC(=O)[C@H](O)c3ccccc3)[C@H]2SC1. The second-order valence-corrected chi connectivity index (χ2v) is 11.7. The smallest absolute Gasteiger partial charge is 0.456 e. The number of thioether (sulfide) groups is 2. The summed E-state index contributed by atoms with van der Waals surface area (Å²) in [5, 5.41) is 40.6. The molecule has 2 aromatic rings. The molecule has 1 saturated heterocycles. The minimum Gasteiger partial charge on any atom is -0.546 e. The third kappa shape index (κ3) is 5.18. The highest BCUT2D eigenvalue weighted by molar-refractivity contribution is 8.02. The fourth-order valence-corrected chi connectivity index (χ4v) is 7.52. The molecule has 0 bridgehead atoms. The van der Waals surface area contributed by atoms with E-state index in [9.17, 15) is 34.5 Å². The lowest BCUT2D eigenvalue weighted by Crippen LogP contribution is -2.70. The molecule has 2 aliphatic rings. The van der Waals surface area contributed by atoms with Gasteiger partial charge in [0.05, 0.1) is 16.4 Å². The number of ether oxygens (including phenoxy) is 1. The van der Waals surface area contributed by atoms with Crippen LogP contribution in [0.1, 0.15) is 11.7 Å². The van der Waals surface area contributed by atoms with Crippen molar-refractivity contribution in [2.75, 3.05) is 18.1 Å². The Kier molecular flexibility index (Phi) is 7.82. The number of hydrogen-bond donors (Lipinski definition) is 3. The maximum absolute atomic E-state index is 12.8. The van der Waals surface area contributed by atoms with Gasteiger partial charge in [0.1, 0.15) is 30.0 Å². The third-order valence-corrected chi connectivity index (χ3v) is 9.93. The fourth-order valence-electron chi connectivity index (χ4n) is 3.60. The highest BCUT2D eigenvalue weighted by Gasteiger charge is 2.54. The van der Waals surface area contributed by atoms with E-state index in [0.717, 1.165) is 4.90 Å². The molecule has 12 nitrogen and oxygen atoms in total. The Morgan fingerprint density at radius 1 is 1.33 bits per heavy atom. The summed E-state index contributed by atoms with van der Waals surface area (Å²) in [6.45, 7) is -0.646. The Balaban J connectivity index is 1.43. The van der Waals surface area contributed by atoms with Gasteiger partial charge in [-0.3, -0.25) is 14.5 Å². The molecule has 0 radical (unpaired) electrons. The molecule has 3 N–H and O–H groups in total. The van der Waals surface area contributed by atoms with Crippen LogP contribution in [0.5, 0.6) is 5.19 Å². The first kappa shape index (κ1) is 25.9. The predicted octanol–water partition coefficient (Wildman–Crippen LogP) is -0.544. The normalized spacial score (nSPS) is 20.3. The van der Waals surface area contributed by atoms with Crippen molar-refractivity contribution in [3.63, 3.8) is 0 Å². The molecule has 0 aliphatic carbocycles. The Bertz CT molecular complexity index is 1240. The maximum Gasteiger partial charge on any atom is 0.456 e. The summed E-state index contributed by atoms with van der Waals surface area (Å²) in [4.78, 5) is 49.1. The van der Waals surface area contributed by atoms with Crippen molar-refractivity contribution < 1.29 is 39.2 Å². The summed E-state index contributed by atoms with van der Waals surface area (Å²) >= 11 is 2.54. The number of carbonyl (C=O) groups is 4. The molecule has 15 heteroatoms. The van der Waals surface area contributed by atoms with Crippen molar-refractivity contribution in [1.29, 1.82) is 0 Å². The van der Waals surface area contributed by atoms with Crippen LogP contribution in [-0.4, -0.2) is 78.6 Å². The summed E-state index contributed by atoms with van der Waals surface area (Å²) in [5.74, 6) is -3.45. The molecular formula is C21H20N4O8S3. The van der Waals surface area contributed by atoms with Gasteiger partial charge in [-0.15, -0.1) is 11.8 Å². The number of amides is 2. The van der Waals surface area contributed by atoms with E-state index in [1.54, 1.807) is 36.6 Å². The Morgan fingerprint density at radius 3 is 2.72 bits per heavy atom. The van der Waals surface area contributed by atoms with E-state index < -0.39 is 58.3 Å². The van der Waals surface area contributed by atoms with Gasteiger partial charge in [0.25, 0.3) is 11.8 Å². The number of aromatic nitrogens is 2. The van der Waals surface area contributed by atoms with Gasteiger partial charge in [0, 0.05) is 11.5 Å². The number of carbonyl (C=O) groups excluding carboxylic acids is 3. The summed E-state index contributed by atoms with van der Waals surface area (Å²) in [5.41, 5.74) is 0.733. The topological polar surface area (TPSA) is 182 Å². The molecule has 190 valence electrons. The number of carboxylic acid groups (broad SMARTS) is 2. The minimum atomic E-state index is -1.46. The Labute approximate surface area is 215 Å². The highest BCUT2D eigenvalue weighted by Crippen LogP contribution is 2.43. The first-order chi connectivity index (χ1) is 17.2. The van der Waals surface area contributed by atoms with Crippen molar-refractivity contribution in [1.82, 2.24) is 20.4 Å². The van der Waals surface area contributed by atoms with Crippen LogP contribution in [0.2, 0.25) is 0 Å². The quantitative estimate of drug-likeness (QED) is 0.195. The molecule has 0 saturated carbocycles. The van der Waals surface area contributed by atoms with Crippen molar-refractivity contribution in [3.8, 4) is 5.19 Å². The van der Waals surface area contributed by atoms with Gasteiger partial charge in [-0.1, -0.05) is 40.5 Å². The minimum absolute atomic E-state index is 0.144. The zero-order chi connectivity index (χ0) is 26.0. The molecule has 2 unspecified atom stereocenters. The second kappa shape index (κ2) is 10.9. The number of aliphatic hydroxyl groups is 1. The monoisotopic (exact) mass is 552 g/mol. The molecular weight excluding hydrogens is 532 g/mol. The van der Waals surface area contributed by atoms with E-state index >= 15 is 0 Å². The largest absolute Gasteiger partial charge is 0.546 e. The number of benzene rings is 1. The van der Waals surface area contributed by atoms with Crippen LogP contribution < -0.4 is 15.2 Å². The Hall–Kier alpha value is -3.14. The van der Waals surface area contributed by atoms with Crippen molar-refractivity contribution in [2.45, 2.75) is 21.9 Å². The van der Waals surface area contributed by atoms with Crippen molar-refractivity contribution in [2.24, 2.45) is 6.26 Å². The number of nitrogens with zero attached hydrogens (tertiary/aromatic N) is 3. The zero-order valence-corrected chi connectivity index (χ0v) is 21.1. The number of nitrogens with one attached hydrogen (secondary N) is 1. The average Bonchev–Trinajstić information content (AvgIpc) is 3.22. The lowest BCUT2D eigenvalue weighted by atomic mass is 10.0. The lowest BCUT2D eigenvalue weighted by Gasteiger charge is -2.49. The summed E-state index contributed by atoms with van der Waals surface area (Å²) < 4.78 is 5.60. The van der Waals surface area contributed by atoms with Crippen LogP contribution in [-0.2, 0) is 25.4 Å². The molecule has 1 aromatic carbocycles. The molecule has 0 spiro atoms. The molecule has 1 aromatic heterocycles. The zero-order valence-electron chi connectivity index (χ0n) is 18.7. The van der Waals surface area contributed by atoms with Gasteiger partial charge < -0.3 is 30.2 Å². The van der Waals surface area contributed by atoms with Gasteiger partial charge in [0.2, 0.25) is 0 Å². The van der Waals surface area contributed by atoms with E-state index in [2.05, 4.69) is 15.5 Å². The number of hydrogen-bond acceptors (Lipinski definition) is 11. The van der Waals surface area contributed by atoms with E-state index in [1.807, 2.05) is 0 Å². The fraction of sp³-hybridized carbons (Fsp3) is 0.333. The van der Waals surface area contributed by atoms with Gasteiger partial charge >= 0.3 is 15.5 Å². The molecule has 4 atom stereocenters. The number of aliphatic carboxylic acids is 2. The van der Waals surface area contributed by atoms with Crippen LogP contribution in [0.4, 0.5) is 0 Å². The lowest BCUT2D eigenvalue weighted by molar-refractivity contribution is -0.307. The number of β-lactam (4-membered cyclic amide) rings is 1. The van der Waals surface area contributed by atoms with E-state index in [0.29, 0.717) is 21.2 Å². The van der Waals surface area contributed by atoms with Gasteiger partial charge in [-0.05, 0) is 22.9 Å². The highest BCUT2D eigenvalue weighted by atomic mass is 32.2. The van der Waals surface area contributed by atoms with Crippen molar-refractivity contribution >= 4 is 57.7 Å². The molecule has 2 amide bonds. The molecule has 4 rings (SSSR count). The molecule has 2 aliphatic heterocycles. The average molecular weight is 553 g/mol. The number of rotatable bonds is 10. The number of carboxylic acids is 2. The first-order valence-corrected chi connectivity index (χ1v) is 14.1. The van der Waals surface area contributed by atoms with Gasteiger partial charge in [-0.25, -0.2) is 4.79 Å². The summed E-state index contributed by atoms with van der Waals surface area (Å²) in [6, 6.07) is 7.31. The van der Waals surface area contributed by atoms with Crippen LogP contribution in [0.25, 0.3) is 0 Å². The van der Waals surface area contributed by atoms with Crippen molar-refractivity contribution in [3.05, 3.63) is 47.2 Å². The molecule has 36 heavy (non-hydrogen) atoms. The predicted molar refractivity (Wildman–Crippen MR) is 128 cm³/mol. The van der Waals surface area contributed by atoms with Crippen LogP contribution in [0, 0.1) is 0 Å². The third-order valence-electron chi connectivity index (χ3n) is 5.33. The van der Waals surface area contributed by atoms with E-state index in [-0.39, 0.29) is 16.6 Å². The standard InChI is InChI=1S/C21H20N4O8S3/c1-36-20(33-7-12(26)27)23-24-21(36)35-9-11-8-34-18-13(17(30)25(18)14(11)19(31)32)22-16(29)15(28)10-5-3-2-4-6-10/h2-6,13,15,18,28H,7-9H2,1H3,(H2-,22,26,27,29,31,32)/t13?,15-,18-,36?/m1/s1. The van der Waals surface area contributed by atoms with Crippen LogP contribution >= 0.6 is 34.0 Å². The molecule has 3 heterocycles. The Morgan fingerprint density at radius 2 is 2.06 bits per heavy atom. The van der Waals surface area contributed by atoms with Crippen LogP contribution in [0.3, 0.4) is 0 Å². The maximum atomic E-state index is 12.8. The molecule has 1 fully saturated rings. The second-order valence-electron chi connectivity index (χ2n) is 7.66. The summed E-state index contributed by atoms with van der Waals surface area (Å²) in [6.07, 6.45) is 0.294. The van der Waals surface area contributed by atoms with Gasteiger partial charge in [0.15, 0.2) is 6.10 Å². The number of aliphatic hydroxyl groups excluding tert-OH is 1. The number of fused-ring (bicyclic) bond motifs is 1. The van der Waals surface area contributed by atoms with Crippen LogP contribution in [0.15, 0.2) is 45.9 Å². The van der Waals surface area contributed by atoms with E-state index in [4.69, 9.17) is 4.74 Å². The van der Waals surface area contributed by atoms with E-state index in [1.165, 1.54) is 23.5 Å². The summed E-state index contributed by atoms with van der Waals surface area (Å²) in [7, 11) is -0.712.